The van der Waals surface area contributed by atoms with Crippen LogP contribution in [0.2, 0.25) is 0 Å². The molecule has 0 spiro atoms. The van der Waals surface area contributed by atoms with E-state index in [1.165, 1.54) is 7.05 Å². The molecule has 0 bridgehead atoms. The summed E-state index contributed by atoms with van der Waals surface area (Å²) in [6.07, 6.45) is 0.561. The predicted octanol–water partition coefficient (Wildman–Crippen LogP) is 2.17. The second-order valence-electron chi connectivity index (χ2n) is 4.31. The van der Waals surface area contributed by atoms with Gasteiger partial charge in [0, 0.05) is 23.8 Å². The normalized spacial score (nSPS) is 14.5. The minimum absolute atomic E-state index is 0.309. The van der Waals surface area contributed by atoms with E-state index in [-0.39, 0.29) is 6.04 Å². The molecule has 9 heteroatoms. The monoisotopic (exact) mass is 343 g/mol. The molecule has 1 rings (SSSR count). The lowest BCUT2D eigenvalue weighted by Gasteiger charge is -2.23. The van der Waals surface area contributed by atoms with Gasteiger partial charge in [-0.3, -0.25) is 0 Å². The second-order valence-corrected chi connectivity index (χ2v) is 8.84. The van der Waals surface area contributed by atoms with E-state index in [1.54, 1.807) is 13.8 Å². The molecule has 0 aliphatic rings. The van der Waals surface area contributed by atoms with Gasteiger partial charge in [-0.05, 0) is 31.5 Å². The predicted molar refractivity (Wildman–Crippen MR) is 74.1 cm³/mol. The van der Waals surface area contributed by atoms with Crippen molar-refractivity contribution in [3.05, 3.63) is 24.0 Å². The van der Waals surface area contributed by atoms with E-state index < -0.39 is 34.7 Å². The molecule has 1 aromatic rings. The fourth-order valence-corrected chi connectivity index (χ4v) is 3.73. The van der Waals surface area contributed by atoms with E-state index in [1.807, 2.05) is 0 Å². The van der Waals surface area contributed by atoms with Crippen molar-refractivity contribution in [3.8, 4) is 0 Å². The smallest absolute Gasteiger partial charge is 0.207 e. The summed E-state index contributed by atoms with van der Waals surface area (Å²) in [5.41, 5.74) is 0. The fraction of sp³-hybridized carbons (Fsp3) is 0.455. The lowest BCUT2D eigenvalue weighted by atomic mass is 10.3. The summed E-state index contributed by atoms with van der Waals surface area (Å²) in [5.74, 6) is -1.15. The van der Waals surface area contributed by atoms with Crippen LogP contribution in [-0.2, 0) is 19.1 Å². The first-order chi connectivity index (χ1) is 9.01. The number of nitrogens with zero attached hydrogens (tertiary/aromatic N) is 1. The highest BCUT2D eigenvalue weighted by Gasteiger charge is 2.28. The van der Waals surface area contributed by atoms with Crippen molar-refractivity contribution in [3.63, 3.8) is 0 Å². The van der Waals surface area contributed by atoms with Crippen molar-refractivity contribution >= 4 is 29.8 Å². The SMILES string of the molecule is CCC(C)N(C)S(=O)(=O)c1ccc(S(=O)(=O)Cl)cc1F. The Balaban J connectivity index is 3.35. The third kappa shape index (κ3) is 3.49. The summed E-state index contributed by atoms with van der Waals surface area (Å²) in [6.45, 7) is 3.49. The number of rotatable bonds is 5. The molecular formula is C11H15ClFNO4S2. The van der Waals surface area contributed by atoms with Crippen LogP contribution in [0.1, 0.15) is 20.3 Å². The van der Waals surface area contributed by atoms with Crippen molar-refractivity contribution in [1.82, 2.24) is 4.31 Å². The molecule has 114 valence electrons. The Morgan fingerprint density at radius 2 is 1.85 bits per heavy atom. The third-order valence-corrected chi connectivity index (χ3v) is 6.41. The highest BCUT2D eigenvalue weighted by atomic mass is 35.7. The number of benzene rings is 1. The van der Waals surface area contributed by atoms with Crippen LogP contribution >= 0.6 is 10.7 Å². The first kappa shape index (κ1) is 17.4. The van der Waals surface area contributed by atoms with Gasteiger partial charge in [-0.15, -0.1) is 0 Å². The van der Waals surface area contributed by atoms with E-state index >= 15 is 0 Å². The number of hydrogen-bond donors (Lipinski definition) is 0. The molecule has 0 aliphatic heterocycles. The minimum atomic E-state index is -4.11. The molecule has 0 radical (unpaired) electrons. The van der Waals surface area contributed by atoms with Crippen molar-refractivity contribution in [1.29, 1.82) is 0 Å². The Labute approximate surface area is 122 Å². The van der Waals surface area contributed by atoms with Crippen LogP contribution in [0.5, 0.6) is 0 Å². The first-order valence-corrected chi connectivity index (χ1v) is 9.49. The van der Waals surface area contributed by atoms with Crippen LogP contribution in [0.4, 0.5) is 4.39 Å². The molecule has 1 atom stereocenters. The van der Waals surface area contributed by atoms with E-state index in [2.05, 4.69) is 0 Å². The fourth-order valence-electron chi connectivity index (χ4n) is 1.49. The van der Waals surface area contributed by atoms with Gasteiger partial charge in [0.1, 0.15) is 10.7 Å². The summed E-state index contributed by atoms with van der Waals surface area (Å²) < 4.78 is 61.5. The quantitative estimate of drug-likeness (QED) is 0.768. The van der Waals surface area contributed by atoms with Gasteiger partial charge in [0.05, 0.1) is 4.90 Å². The number of sulfonamides is 1. The molecule has 0 amide bonds. The summed E-state index contributed by atoms with van der Waals surface area (Å²) in [4.78, 5) is -1.06. The molecule has 0 saturated heterocycles. The lowest BCUT2D eigenvalue weighted by Crippen LogP contribution is -2.35. The Morgan fingerprint density at radius 3 is 2.25 bits per heavy atom. The molecule has 5 nitrogen and oxygen atoms in total. The van der Waals surface area contributed by atoms with Crippen LogP contribution in [0.3, 0.4) is 0 Å². The van der Waals surface area contributed by atoms with Gasteiger partial charge in [-0.1, -0.05) is 6.92 Å². The van der Waals surface area contributed by atoms with E-state index in [4.69, 9.17) is 10.7 Å². The average molecular weight is 344 g/mol. The maximum atomic E-state index is 13.9. The molecular weight excluding hydrogens is 329 g/mol. The summed E-state index contributed by atoms with van der Waals surface area (Å²) >= 11 is 0. The maximum absolute atomic E-state index is 13.9. The minimum Gasteiger partial charge on any atom is -0.207 e. The summed E-state index contributed by atoms with van der Waals surface area (Å²) in [7, 11) is -1.71. The van der Waals surface area contributed by atoms with Crippen LogP contribution in [0, 0.1) is 5.82 Å². The zero-order valence-corrected chi connectivity index (χ0v) is 13.6. The summed E-state index contributed by atoms with van der Waals surface area (Å²) in [6, 6.07) is 2.15. The Hall–Kier alpha value is -0.700. The second kappa shape index (κ2) is 5.97. The highest BCUT2D eigenvalue weighted by molar-refractivity contribution is 8.13. The Kier molecular flexibility index (Phi) is 5.18. The van der Waals surface area contributed by atoms with Crippen molar-refractivity contribution < 1.29 is 21.2 Å². The van der Waals surface area contributed by atoms with Crippen LogP contribution in [0.25, 0.3) is 0 Å². The maximum Gasteiger partial charge on any atom is 0.261 e. The lowest BCUT2D eigenvalue weighted by molar-refractivity contribution is 0.378. The van der Waals surface area contributed by atoms with Crippen molar-refractivity contribution in [2.24, 2.45) is 0 Å². The first-order valence-electron chi connectivity index (χ1n) is 5.74. The zero-order chi connectivity index (χ0) is 15.7. The highest BCUT2D eigenvalue weighted by Crippen LogP contribution is 2.24. The van der Waals surface area contributed by atoms with Gasteiger partial charge < -0.3 is 0 Å². The van der Waals surface area contributed by atoms with Crippen LogP contribution in [-0.4, -0.2) is 34.2 Å². The Bertz CT molecular complexity index is 703. The van der Waals surface area contributed by atoms with Gasteiger partial charge in [0.2, 0.25) is 10.0 Å². The zero-order valence-electron chi connectivity index (χ0n) is 11.2. The molecule has 1 unspecified atom stereocenters. The van der Waals surface area contributed by atoms with Crippen molar-refractivity contribution in [2.45, 2.75) is 36.1 Å². The van der Waals surface area contributed by atoms with Gasteiger partial charge in [0.25, 0.3) is 9.05 Å². The summed E-state index contributed by atoms with van der Waals surface area (Å²) in [5, 5.41) is 0. The molecule has 0 aliphatic carbocycles. The number of halogens is 2. The van der Waals surface area contributed by atoms with Gasteiger partial charge in [-0.25, -0.2) is 21.2 Å². The molecule has 0 N–H and O–H groups in total. The van der Waals surface area contributed by atoms with Gasteiger partial charge >= 0.3 is 0 Å². The molecule has 0 heterocycles. The largest absolute Gasteiger partial charge is 0.261 e. The average Bonchev–Trinajstić information content (AvgIpc) is 2.35. The van der Waals surface area contributed by atoms with Crippen LogP contribution in [0.15, 0.2) is 28.0 Å². The van der Waals surface area contributed by atoms with E-state index in [0.717, 1.165) is 16.4 Å². The Morgan fingerprint density at radius 1 is 1.30 bits per heavy atom. The molecule has 1 aromatic carbocycles. The van der Waals surface area contributed by atoms with Crippen molar-refractivity contribution in [2.75, 3.05) is 7.05 Å². The molecule has 0 fully saturated rings. The standard InChI is InChI=1S/C11H15ClFNO4S2/c1-4-8(2)14(3)20(17,18)11-6-5-9(7-10(11)13)19(12,15)16/h5-8H,4H2,1-3H3. The van der Waals surface area contributed by atoms with Crippen LogP contribution < -0.4 is 0 Å². The molecule has 20 heavy (non-hydrogen) atoms. The van der Waals surface area contributed by atoms with E-state index in [0.29, 0.717) is 12.5 Å². The van der Waals surface area contributed by atoms with Gasteiger partial charge in [-0.2, -0.15) is 4.31 Å². The molecule has 0 aromatic heterocycles. The third-order valence-electron chi connectivity index (χ3n) is 3.05. The topological polar surface area (TPSA) is 71.5 Å². The molecule has 0 saturated carbocycles. The van der Waals surface area contributed by atoms with Gasteiger partial charge in [0.15, 0.2) is 0 Å². The number of hydrogen-bond acceptors (Lipinski definition) is 4. The van der Waals surface area contributed by atoms with E-state index in [9.17, 15) is 21.2 Å².